The second-order valence-corrected chi connectivity index (χ2v) is 4.72. The van der Waals surface area contributed by atoms with Crippen LogP contribution in [0.5, 0.6) is 0 Å². The number of anilines is 1. The van der Waals surface area contributed by atoms with Gasteiger partial charge in [0.25, 0.3) is 0 Å². The molecule has 0 unspecified atom stereocenters. The molecule has 0 radical (unpaired) electrons. The summed E-state index contributed by atoms with van der Waals surface area (Å²) in [4.78, 5) is 31.6. The number of carbonyl (C=O) groups is 2. The molecule has 2 heterocycles. The van der Waals surface area contributed by atoms with Gasteiger partial charge in [-0.3, -0.25) is 9.59 Å². The van der Waals surface area contributed by atoms with Gasteiger partial charge in [-0.2, -0.15) is 0 Å². The van der Waals surface area contributed by atoms with Gasteiger partial charge in [0.2, 0.25) is 0 Å². The van der Waals surface area contributed by atoms with E-state index in [1.165, 1.54) is 0 Å². The van der Waals surface area contributed by atoms with E-state index in [1.54, 1.807) is 18.2 Å². The fourth-order valence-corrected chi connectivity index (χ4v) is 2.17. The molecule has 1 N–H and O–H groups in total. The topological polar surface area (TPSA) is 74.8 Å². The molecule has 7 heteroatoms. The lowest BCUT2D eigenvalue weighted by Gasteiger charge is -2.34. The first-order chi connectivity index (χ1) is 10.2. The molecule has 0 spiro atoms. The SMILES string of the molecule is COCCNC(=O)C(=O)N1CCN(c2ccccn2)CC1. The standard InChI is InChI=1S/C14H20N4O3/c1-21-11-6-16-13(19)14(20)18-9-7-17(8-10-18)12-4-2-3-5-15-12/h2-5H,6-11H2,1H3,(H,16,19). The molecule has 1 fully saturated rings. The first-order valence-corrected chi connectivity index (χ1v) is 6.94. The molecule has 114 valence electrons. The van der Waals surface area contributed by atoms with Crippen LogP contribution < -0.4 is 10.2 Å². The molecule has 0 atom stereocenters. The van der Waals surface area contributed by atoms with Gasteiger partial charge in [-0.1, -0.05) is 6.07 Å². The monoisotopic (exact) mass is 292 g/mol. The fourth-order valence-electron chi connectivity index (χ4n) is 2.17. The maximum absolute atomic E-state index is 12.0. The Hall–Kier alpha value is -2.15. The van der Waals surface area contributed by atoms with Crippen molar-refractivity contribution in [3.8, 4) is 0 Å². The predicted molar refractivity (Wildman–Crippen MR) is 77.9 cm³/mol. The van der Waals surface area contributed by atoms with Crippen molar-refractivity contribution in [1.82, 2.24) is 15.2 Å². The molecule has 7 nitrogen and oxygen atoms in total. The van der Waals surface area contributed by atoms with E-state index in [-0.39, 0.29) is 0 Å². The maximum Gasteiger partial charge on any atom is 0.312 e. The smallest absolute Gasteiger partial charge is 0.312 e. The second-order valence-electron chi connectivity index (χ2n) is 4.72. The van der Waals surface area contributed by atoms with Crippen LogP contribution in [0.25, 0.3) is 0 Å². The van der Waals surface area contributed by atoms with Gasteiger partial charge in [0.15, 0.2) is 0 Å². The molecule has 1 saturated heterocycles. The Balaban J connectivity index is 1.80. The summed E-state index contributed by atoms with van der Waals surface area (Å²) in [5.74, 6) is -0.153. The van der Waals surface area contributed by atoms with E-state index in [1.807, 2.05) is 18.2 Å². The molecular weight excluding hydrogens is 272 g/mol. The Bertz CT molecular complexity index is 472. The molecule has 1 aromatic heterocycles. The zero-order valence-electron chi connectivity index (χ0n) is 12.1. The zero-order chi connectivity index (χ0) is 15.1. The van der Waals surface area contributed by atoms with Crippen molar-refractivity contribution in [2.75, 3.05) is 51.3 Å². The van der Waals surface area contributed by atoms with Crippen LogP contribution in [0.15, 0.2) is 24.4 Å². The molecule has 2 amide bonds. The number of piperazine rings is 1. The number of rotatable bonds is 4. The summed E-state index contributed by atoms with van der Waals surface area (Å²) in [6.07, 6.45) is 1.75. The predicted octanol–water partition coefficient (Wildman–Crippen LogP) is -0.507. The number of hydrogen-bond acceptors (Lipinski definition) is 5. The maximum atomic E-state index is 12.0. The van der Waals surface area contributed by atoms with Crippen LogP contribution in [0.1, 0.15) is 0 Å². The molecule has 21 heavy (non-hydrogen) atoms. The van der Waals surface area contributed by atoms with Crippen LogP contribution in [-0.4, -0.2) is 68.1 Å². The summed E-state index contributed by atoms with van der Waals surface area (Å²) in [5.41, 5.74) is 0. The number of hydrogen-bond donors (Lipinski definition) is 1. The molecule has 0 aliphatic carbocycles. The zero-order valence-corrected chi connectivity index (χ0v) is 12.1. The van der Waals surface area contributed by atoms with Crippen molar-refractivity contribution in [3.05, 3.63) is 24.4 Å². The summed E-state index contributed by atoms with van der Waals surface area (Å²) in [6.45, 7) is 3.13. The Labute approximate surface area is 123 Å². The Kier molecular flexibility index (Phi) is 5.51. The van der Waals surface area contributed by atoms with Crippen LogP contribution in [-0.2, 0) is 14.3 Å². The van der Waals surface area contributed by atoms with Gasteiger partial charge < -0.3 is 19.9 Å². The van der Waals surface area contributed by atoms with E-state index in [2.05, 4.69) is 15.2 Å². The highest BCUT2D eigenvalue weighted by atomic mass is 16.5. The van der Waals surface area contributed by atoms with Gasteiger partial charge in [-0.15, -0.1) is 0 Å². The number of aromatic nitrogens is 1. The number of carbonyl (C=O) groups excluding carboxylic acids is 2. The van der Waals surface area contributed by atoms with Crippen molar-refractivity contribution >= 4 is 17.6 Å². The lowest BCUT2D eigenvalue weighted by atomic mass is 10.3. The second kappa shape index (κ2) is 7.58. The van der Waals surface area contributed by atoms with E-state index in [0.717, 1.165) is 5.82 Å². The van der Waals surface area contributed by atoms with Crippen molar-refractivity contribution in [2.45, 2.75) is 0 Å². The minimum atomic E-state index is -0.571. The summed E-state index contributed by atoms with van der Waals surface area (Å²) in [7, 11) is 1.55. The van der Waals surface area contributed by atoms with Crippen LogP contribution in [0.3, 0.4) is 0 Å². The van der Waals surface area contributed by atoms with Crippen molar-refractivity contribution in [3.63, 3.8) is 0 Å². The van der Waals surface area contributed by atoms with Gasteiger partial charge in [-0.25, -0.2) is 4.98 Å². The molecule has 0 bridgehead atoms. The molecular formula is C14H20N4O3. The van der Waals surface area contributed by atoms with E-state index >= 15 is 0 Å². The van der Waals surface area contributed by atoms with Crippen molar-refractivity contribution < 1.29 is 14.3 Å². The lowest BCUT2D eigenvalue weighted by molar-refractivity contribution is -0.146. The van der Waals surface area contributed by atoms with E-state index < -0.39 is 11.8 Å². The van der Waals surface area contributed by atoms with Gasteiger partial charge in [0, 0.05) is 46.0 Å². The lowest BCUT2D eigenvalue weighted by Crippen LogP contribution is -2.53. The third kappa shape index (κ3) is 4.16. The van der Waals surface area contributed by atoms with E-state index in [9.17, 15) is 9.59 Å². The van der Waals surface area contributed by atoms with Gasteiger partial charge in [0.1, 0.15) is 5.82 Å². The quantitative estimate of drug-likeness (QED) is 0.598. The number of nitrogens with zero attached hydrogens (tertiary/aromatic N) is 3. The normalized spacial score (nSPS) is 14.9. The van der Waals surface area contributed by atoms with E-state index in [0.29, 0.717) is 39.3 Å². The van der Waals surface area contributed by atoms with Gasteiger partial charge in [0.05, 0.1) is 6.61 Å². The highest BCUT2D eigenvalue weighted by Crippen LogP contribution is 2.12. The molecule has 2 rings (SSSR count). The minimum absolute atomic E-state index is 0.342. The molecule has 1 aliphatic heterocycles. The summed E-state index contributed by atoms with van der Waals surface area (Å²) < 4.78 is 4.83. The summed E-state index contributed by atoms with van der Waals surface area (Å²) in [6, 6.07) is 5.74. The Morgan fingerprint density at radius 3 is 2.67 bits per heavy atom. The number of amides is 2. The number of pyridine rings is 1. The van der Waals surface area contributed by atoms with E-state index in [4.69, 9.17) is 4.74 Å². The Morgan fingerprint density at radius 2 is 2.05 bits per heavy atom. The highest BCUT2D eigenvalue weighted by Gasteiger charge is 2.26. The highest BCUT2D eigenvalue weighted by molar-refractivity contribution is 6.35. The number of methoxy groups -OCH3 is 1. The first-order valence-electron chi connectivity index (χ1n) is 6.94. The van der Waals surface area contributed by atoms with Crippen LogP contribution in [0.2, 0.25) is 0 Å². The third-order valence-electron chi connectivity index (χ3n) is 3.33. The van der Waals surface area contributed by atoms with Crippen LogP contribution >= 0.6 is 0 Å². The summed E-state index contributed by atoms with van der Waals surface area (Å²) >= 11 is 0. The average molecular weight is 292 g/mol. The molecule has 0 aromatic carbocycles. The largest absolute Gasteiger partial charge is 0.383 e. The first kappa shape index (κ1) is 15.2. The molecule has 0 saturated carbocycles. The third-order valence-corrected chi connectivity index (χ3v) is 3.33. The fraction of sp³-hybridized carbons (Fsp3) is 0.500. The summed E-state index contributed by atoms with van der Waals surface area (Å²) in [5, 5.41) is 2.54. The number of ether oxygens (including phenoxy) is 1. The van der Waals surface area contributed by atoms with Gasteiger partial charge >= 0.3 is 11.8 Å². The van der Waals surface area contributed by atoms with Crippen molar-refractivity contribution in [1.29, 1.82) is 0 Å². The van der Waals surface area contributed by atoms with Gasteiger partial charge in [-0.05, 0) is 12.1 Å². The molecule has 1 aliphatic rings. The average Bonchev–Trinajstić information content (AvgIpc) is 2.55. The van der Waals surface area contributed by atoms with Crippen LogP contribution in [0, 0.1) is 0 Å². The Morgan fingerprint density at radius 1 is 1.29 bits per heavy atom. The molecule has 1 aromatic rings. The number of nitrogens with one attached hydrogen (secondary N) is 1. The minimum Gasteiger partial charge on any atom is -0.383 e. The van der Waals surface area contributed by atoms with Crippen molar-refractivity contribution in [2.24, 2.45) is 0 Å². The van der Waals surface area contributed by atoms with Crippen LogP contribution in [0.4, 0.5) is 5.82 Å².